The molecule has 2 rings (SSSR count). The second kappa shape index (κ2) is 10.6. The molecule has 0 radical (unpaired) electrons. The van der Waals surface area contributed by atoms with Crippen LogP contribution in [0.2, 0.25) is 0 Å². The number of ether oxygens (including phenoxy) is 2. The van der Waals surface area contributed by atoms with Gasteiger partial charge in [-0.1, -0.05) is 65.4 Å². The normalized spacial score (nSPS) is 11.7. The molecule has 0 aliphatic rings. The van der Waals surface area contributed by atoms with E-state index in [-0.39, 0.29) is 10.8 Å². The molecule has 33 heavy (non-hydrogen) atoms. The van der Waals surface area contributed by atoms with Gasteiger partial charge in [0.15, 0.2) is 0 Å². The van der Waals surface area contributed by atoms with Gasteiger partial charge in [0.2, 0.25) is 0 Å². The zero-order chi connectivity index (χ0) is 25.1. The molecule has 0 N–H and O–H groups in total. The first-order valence-corrected chi connectivity index (χ1v) is 12.5. The van der Waals surface area contributed by atoms with Crippen molar-refractivity contribution in [2.45, 2.75) is 62.2 Å². The van der Waals surface area contributed by atoms with Crippen LogP contribution in [-0.4, -0.2) is 48.3 Å². The lowest BCUT2D eigenvalue weighted by atomic mass is 9.87. The monoisotopic (exact) mass is 504 g/mol. The molecule has 0 fully saturated rings. The van der Waals surface area contributed by atoms with Crippen LogP contribution in [0, 0.1) is 0 Å². The number of hydrogen-bond acceptors (Lipinski definition) is 5. The topological polar surface area (TPSA) is 24.9 Å². The van der Waals surface area contributed by atoms with Crippen molar-refractivity contribution < 1.29 is 9.47 Å². The van der Waals surface area contributed by atoms with E-state index in [0.29, 0.717) is 21.8 Å². The molecule has 0 aliphatic heterocycles. The van der Waals surface area contributed by atoms with Gasteiger partial charge >= 0.3 is 0 Å². The first-order valence-electron chi connectivity index (χ1n) is 10.8. The van der Waals surface area contributed by atoms with Gasteiger partial charge in [0.05, 0.1) is 9.79 Å². The Morgan fingerprint density at radius 2 is 1.00 bits per heavy atom. The summed E-state index contributed by atoms with van der Waals surface area (Å²) in [5, 5.41) is 0.822. The summed E-state index contributed by atoms with van der Waals surface area (Å²) >= 11 is 12.4. The summed E-state index contributed by atoms with van der Waals surface area (Å²) in [4.78, 5) is 5.51. The lowest BCUT2D eigenvalue weighted by Gasteiger charge is -2.24. The van der Waals surface area contributed by atoms with Gasteiger partial charge < -0.3 is 19.3 Å². The Morgan fingerprint density at radius 1 is 0.667 bits per heavy atom. The van der Waals surface area contributed by atoms with Crippen molar-refractivity contribution in [1.82, 2.24) is 9.80 Å². The molecule has 4 nitrogen and oxygen atoms in total. The van der Waals surface area contributed by atoms with Crippen molar-refractivity contribution in [2.24, 2.45) is 0 Å². The van der Waals surface area contributed by atoms with Crippen LogP contribution in [0.25, 0.3) is 0 Å². The Hall–Kier alpha value is -1.83. The van der Waals surface area contributed by atoms with Gasteiger partial charge in [-0.25, -0.2) is 0 Å². The van der Waals surface area contributed by atoms with Crippen molar-refractivity contribution in [3.8, 4) is 11.5 Å². The summed E-state index contributed by atoms with van der Waals surface area (Å²) < 4.78 is 12.1. The molecule has 0 aromatic heterocycles. The van der Waals surface area contributed by atoms with Crippen molar-refractivity contribution in [3.05, 3.63) is 47.5 Å². The SMILES string of the molecule is CN(C)C(=S)Oc1ccc(C(C)(C)C)cc1Sc1cc(C(C)(C)C)ccc1OC(=S)N(C)C. The summed E-state index contributed by atoms with van der Waals surface area (Å²) in [5.74, 6) is 1.43. The second-order valence-electron chi connectivity index (χ2n) is 10.4. The highest BCUT2D eigenvalue weighted by Gasteiger charge is 2.21. The highest BCUT2D eigenvalue weighted by atomic mass is 32.2. The second-order valence-corrected chi connectivity index (χ2v) is 12.2. The predicted molar refractivity (Wildman–Crippen MR) is 148 cm³/mol. The summed E-state index contributed by atoms with van der Waals surface area (Å²) in [5.41, 5.74) is 2.42. The zero-order valence-corrected chi connectivity index (χ0v) is 23.8. The Kier molecular flexibility index (Phi) is 8.82. The number of hydrogen-bond donors (Lipinski definition) is 0. The standard InChI is InChI=1S/C26H36N2O2S3/c1-25(2,3)17-11-13-19(29-23(31)27(7)8)21(15-17)33-22-16-18(26(4,5)6)12-14-20(22)30-24(32)28(9)10/h11-16H,1-10H3. The number of benzene rings is 2. The highest BCUT2D eigenvalue weighted by Crippen LogP contribution is 2.43. The Bertz CT molecular complexity index is 938. The van der Waals surface area contributed by atoms with E-state index in [4.69, 9.17) is 33.9 Å². The molecular weight excluding hydrogens is 468 g/mol. The van der Waals surface area contributed by atoms with Crippen LogP contribution in [-0.2, 0) is 10.8 Å². The molecule has 0 spiro atoms. The fraction of sp³-hybridized carbons (Fsp3) is 0.462. The van der Waals surface area contributed by atoms with Crippen LogP contribution in [0.5, 0.6) is 11.5 Å². The minimum Gasteiger partial charge on any atom is -0.431 e. The number of rotatable bonds is 4. The maximum absolute atomic E-state index is 6.07. The molecule has 0 saturated carbocycles. The van der Waals surface area contributed by atoms with Crippen molar-refractivity contribution in [3.63, 3.8) is 0 Å². The lowest BCUT2D eigenvalue weighted by Crippen LogP contribution is -2.25. The molecule has 2 aromatic rings. The smallest absolute Gasteiger partial charge is 0.264 e. The van der Waals surface area contributed by atoms with Crippen LogP contribution >= 0.6 is 36.2 Å². The lowest BCUT2D eigenvalue weighted by molar-refractivity contribution is 0.440. The summed E-state index contributed by atoms with van der Waals surface area (Å²) in [6, 6.07) is 12.5. The van der Waals surface area contributed by atoms with Crippen LogP contribution in [0.4, 0.5) is 0 Å². The van der Waals surface area contributed by atoms with E-state index in [1.54, 1.807) is 21.6 Å². The highest BCUT2D eigenvalue weighted by molar-refractivity contribution is 7.99. The summed E-state index contributed by atoms with van der Waals surface area (Å²) in [6.45, 7) is 13.2. The first kappa shape index (κ1) is 27.4. The maximum atomic E-state index is 6.07. The van der Waals surface area contributed by atoms with E-state index < -0.39 is 0 Å². The molecule has 2 aromatic carbocycles. The minimum absolute atomic E-state index is 0.00499. The fourth-order valence-corrected chi connectivity index (χ4v) is 3.98. The van der Waals surface area contributed by atoms with Crippen molar-refractivity contribution in [1.29, 1.82) is 0 Å². The van der Waals surface area contributed by atoms with Crippen LogP contribution < -0.4 is 9.47 Å². The molecule has 7 heteroatoms. The summed E-state index contributed by atoms with van der Waals surface area (Å²) in [7, 11) is 7.50. The summed E-state index contributed by atoms with van der Waals surface area (Å²) in [6.07, 6.45) is 0. The van der Waals surface area contributed by atoms with Crippen LogP contribution in [0.15, 0.2) is 46.2 Å². The van der Waals surface area contributed by atoms with Gasteiger partial charge in [-0.2, -0.15) is 0 Å². The first-order chi connectivity index (χ1) is 15.1. The van der Waals surface area contributed by atoms with Gasteiger partial charge in [0, 0.05) is 28.2 Å². The van der Waals surface area contributed by atoms with Gasteiger partial charge in [0.25, 0.3) is 10.3 Å². The van der Waals surface area contributed by atoms with Crippen molar-refractivity contribution >= 4 is 46.5 Å². The average molecular weight is 505 g/mol. The van der Waals surface area contributed by atoms with Gasteiger partial charge in [-0.3, -0.25) is 0 Å². The Balaban J connectivity index is 2.61. The largest absolute Gasteiger partial charge is 0.431 e. The molecule has 0 unspecified atom stereocenters. The van der Waals surface area contributed by atoms with E-state index in [1.807, 2.05) is 40.3 Å². The third kappa shape index (κ3) is 7.59. The third-order valence-electron chi connectivity index (χ3n) is 4.96. The molecule has 0 bridgehead atoms. The maximum Gasteiger partial charge on any atom is 0.264 e. The van der Waals surface area contributed by atoms with Crippen molar-refractivity contribution in [2.75, 3.05) is 28.2 Å². The Morgan fingerprint density at radius 3 is 1.27 bits per heavy atom. The zero-order valence-electron chi connectivity index (χ0n) is 21.4. The molecular formula is C26H36N2O2S3. The molecule has 0 heterocycles. The quantitative estimate of drug-likeness (QED) is 0.418. The van der Waals surface area contributed by atoms with E-state index >= 15 is 0 Å². The van der Waals surface area contributed by atoms with E-state index in [0.717, 1.165) is 9.79 Å². The van der Waals surface area contributed by atoms with Crippen LogP contribution in [0.1, 0.15) is 52.7 Å². The van der Waals surface area contributed by atoms with E-state index in [2.05, 4.69) is 65.8 Å². The molecule has 0 amide bonds. The predicted octanol–water partition coefficient (Wildman–Crippen LogP) is 6.88. The van der Waals surface area contributed by atoms with E-state index in [1.165, 1.54) is 11.1 Å². The van der Waals surface area contributed by atoms with Gasteiger partial charge in [-0.05, 0) is 70.7 Å². The molecule has 0 saturated heterocycles. The van der Waals surface area contributed by atoms with Crippen LogP contribution in [0.3, 0.4) is 0 Å². The molecule has 0 atom stereocenters. The molecule has 180 valence electrons. The fourth-order valence-electron chi connectivity index (χ4n) is 2.77. The third-order valence-corrected chi connectivity index (χ3v) is 6.94. The number of thiocarbonyl (C=S) groups is 2. The van der Waals surface area contributed by atoms with E-state index in [9.17, 15) is 0 Å². The number of nitrogens with zero attached hydrogens (tertiary/aromatic N) is 2. The molecule has 0 aliphatic carbocycles. The Labute approximate surface area is 214 Å². The van der Waals surface area contributed by atoms with Gasteiger partial charge in [0.1, 0.15) is 11.5 Å². The average Bonchev–Trinajstić information content (AvgIpc) is 2.68. The minimum atomic E-state index is -0.00499. The van der Waals surface area contributed by atoms with Gasteiger partial charge in [-0.15, -0.1) is 0 Å².